The van der Waals surface area contributed by atoms with E-state index < -0.39 is 17.0 Å². The molecule has 0 radical (unpaired) electrons. The number of aromatic nitrogens is 2. The van der Waals surface area contributed by atoms with Crippen molar-refractivity contribution in [3.63, 3.8) is 0 Å². The van der Waals surface area contributed by atoms with Gasteiger partial charge in [-0.3, -0.25) is 14.3 Å². The third-order valence-corrected chi connectivity index (χ3v) is 5.92. The van der Waals surface area contributed by atoms with E-state index >= 15 is 0 Å². The molecule has 29 heavy (non-hydrogen) atoms. The highest BCUT2D eigenvalue weighted by Gasteiger charge is 2.62. The fraction of sp³-hybridized carbons (Fsp3) is 0.476. The number of nitrogens with one attached hydrogen (secondary N) is 2. The molecule has 1 aliphatic carbocycles. The predicted molar refractivity (Wildman–Crippen MR) is 111 cm³/mol. The molecule has 0 saturated heterocycles. The first-order valence-electron chi connectivity index (χ1n) is 9.81. The van der Waals surface area contributed by atoms with Crippen LogP contribution in [-0.4, -0.2) is 39.8 Å². The van der Waals surface area contributed by atoms with E-state index in [1.54, 1.807) is 54.3 Å². The minimum Gasteiger partial charge on any atom is -0.378 e. The minimum atomic E-state index is -1.01. The van der Waals surface area contributed by atoms with E-state index in [0.29, 0.717) is 24.4 Å². The first-order chi connectivity index (χ1) is 13.7. The van der Waals surface area contributed by atoms with Crippen LogP contribution in [0.25, 0.3) is 0 Å². The van der Waals surface area contributed by atoms with Crippen LogP contribution in [0, 0.1) is 5.41 Å². The molecule has 2 amide bonds. The Balaban J connectivity index is 1.66. The topological polar surface area (TPSA) is 111 Å². The van der Waals surface area contributed by atoms with Crippen molar-refractivity contribution < 1.29 is 14.3 Å². The van der Waals surface area contributed by atoms with Crippen molar-refractivity contribution in [3.05, 3.63) is 42.7 Å². The molecule has 1 aliphatic rings. The quantitative estimate of drug-likeness (QED) is 0.663. The number of nitrogens with two attached hydrogens (primary N) is 1. The summed E-state index contributed by atoms with van der Waals surface area (Å²) >= 11 is 0. The van der Waals surface area contributed by atoms with E-state index in [-0.39, 0.29) is 17.9 Å². The Kier molecular flexibility index (Phi) is 5.77. The van der Waals surface area contributed by atoms with Gasteiger partial charge in [0.05, 0.1) is 6.10 Å². The van der Waals surface area contributed by atoms with Crippen LogP contribution in [0.2, 0.25) is 0 Å². The van der Waals surface area contributed by atoms with Gasteiger partial charge < -0.3 is 21.1 Å². The molecule has 3 rings (SSSR count). The molecule has 1 saturated carbocycles. The summed E-state index contributed by atoms with van der Waals surface area (Å²) in [7, 11) is 0. The third kappa shape index (κ3) is 3.90. The second-order valence-corrected chi connectivity index (χ2v) is 8.03. The number of hydrogen-bond acceptors (Lipinski definition) is 5. The molecule has 8 nitrogen and oxygen atoms in total. The average Bonchev–Trinajstić information content (AvgIpc) is 3.22. The largest absolute Gasteiger partial charge is 0.378 e. The predicted octanol–water partition coefficient (Wildman–Crippen LogP) is 2.55. The summed E-state index contributed by atoms with van der Waals surface area (Å²) < 4.78 is 7.27. The van der Waals surface area contributed by atoms with Gasteiger partial charge in [0.25, 0.3) is 0 Å². The van der Waals surface area contributed by atoms with E-state index in [1.807, 2.05) is 20.8 Å². The Hall–Kier alpha value is -2.71. The number of hydrogen-bond donors (Lipinski definition) is 3. The van der Waals surface area contributed by atoms with E-state index in [4.69, 9.17) is 10.5 Å². The van der Waals surface area contributed by atoms with Gasteiger partial charge in [-0.2, -0.15) is 5.10 Å². The molecule has 0 aliphatic heterocycles. The van der Waals surface area contributed by atoms with Gasteiger partial charge in [0.15, 0.2) is 0 Å². The zero-order valence-electron chi connectivity index (χ0n) is 17.3. The van der Waals surface area contributed by atoms with Gasteiger partial charge in [-0.05, 0) is 38.1 Å². The number of amides is 2. The lowest BCUT2D eigenvalue weighted by Gasteiger charge is -2.57. The number of rotatable bonds is 7. The number of carbonyl (C=O) groups is 2. The molecule has 0 bridgehead atoms. The van der Waals surface area contributed by atoms with Gasteiger partial charge in [-0.25, -0.2) is 0 Å². The van der Waals surface area contributed by atoms with Crippen molar-refractivity contribution in [2.75, 3.05) is 17.2 Å². The van der Waals surface area contributed by atoms with Gasteiger partial charge in [0.1, 0.15) is 11.6 Å². The highest BCUT2D eigenvalue weighted by atomic mass is 16.5. The maximum absolute atomic E-state index is 12.9. The first kappa shape index (κ1) is 21.0. The van der Waals surface area contributed by atoms with E-state index in [2.05, 4.69) is 15.7 Å². The smallest absolute Gasteiger partial charge is 0.248 e. The van der Waals surface area contributed by atoms with Crippen LogP contribution in [0.3, 0.4) is 0 Å². The molecule has 1 aromatic carbocycles. The standard InChI is InChI=1S/C21H29N5O3/c1-5-29-17-13-21(22,20(17,3)4)19(28)25-16-9-6-8-15(12-16)24-18(27)14(2)26-11-7-10-23-26/h6-12,14,17H,5,13,22H2,1-4H3,(H,24,27)(H,25,28). The van der Waals surface area contributed by atoms with Crippen LogP contribution in [-0.2, 0) is 14.3 Å². The molecule has 0 spiro atoms. The fourth-order valence-corrected chi connectivity index (χ4v) is 3.61. The van der Waals surface area contributed by atoms with Crippen LogP contribution in [0.4, 0.5) is 11.4 Å². The van der Waals surface area contributed by atoms with Crippen molar-refractivity contribution in [2.45, 2.75) is 51.8 Å². The molecule has 156 valence electrons. The SMILES string of the molecule is CCOC1CC(N)(C(=O)Nc2cccc(NC(=O)C(C)n3cccn3)c2)C1(C)C. The van der Waals surface area contributed by atoms with Crippen molar-refractivity contribution in [2.24, 2.45) is 11.1 Å². The summed E-state index contributed by atoms with van der Waals surface area (Å²) in [6.07, 6.45) is 3.79. The van der Waals surface area contributed by atoms with Crippen molar-refractivity contribution in [1.29, 1.82) is 0 Å². The van der Waals surface area contributed by atoms with Crippen LogP contribution in [0.15, 0.2) is 42.7 Å². The van der Waals surface area contributed by atoms with Crippen LogP contribution in [0.1, 0.15) is 40.2 Å². The van der Waals surface area contributed by atoms with E-state index in [0.717, 1.165) is 0 Å². The van der Waals surface area contributed by atoms with Gasteiger partial charge in [0, 0.05) is 42.2 Å². The summed E-state index contributed by atoms with van der Waals surface area (Å²) in [5.74, 6) is -0.459. The summed E-state index contributed by atoms with van der Waals surface area (Å²) in [5.41, 5.74) is 6.10. The molecule has 4 N–H and O–H groups in total. The second kappa shape index (κ2) is 7.96. The molecule has 3 atom stereocenters. The maximum atomic E-state index is 12.9. The molecule has 1 heterocycles. The third-order valence-electron chi connectivity index (χ3n) is 5.92. The van der Waals surface area contributed by atoms with Crippen molar-refractivity contribution >= 4 is 23.2 Å². The summed E-state index contributed by atoms with van der Waals surface area (Å²) in [6, 6.07) is 8.31. The molecule has 1 fully saturated rings. The summed E-state index contributed by atoms with van der Waals surface area (Å²) in [4.78, 5) is 25.3. The highest BCUT2D eigenvalue weighted by molar-refractivity contribution is 6.00. The monoisotopic (exact) mass is 399 g/mol. The molecule has 2 aromatic rings. The molecule has 1 aromatic heterocycles. The zero-order valence-corrected chi connectivity index (χ0v) is 17.3. The van der Waals surface area contributed by atoms with Gasteiger partial charge in [-0.15, -0.1) is 0 Å². The molecule has 8 heteroatoms. The number of anilines is 2. The van der Waals surface area contributed by atoms with Crippen molar-refractivity contribution in [1.82, 2.24) is 9.78 Å². The molecule has 3 unspecified atom stereocenters. The molecular formula is C21H29N5O3. The Bertz CT molecular complexity index is 880. The Morgan fingerprint density at radius 1 is 1.31 bits per heavy atom. The normalized spacial score (nSPS) is 23.7. The van der Waals surface area contributed by atoms with Crippen molar-refractivity contribution in [3.8, 4) is 0 Å². The summed E-state index contributed by atoms with van der Waals surface area (Å²) in [6.45, 7) is 8.18. The highest BCUT2D eigenvalue weighted by Crippen LogP contribution is 2.50. The zero-order chi connectivity index (χ0) is 21.2. The number of benzene rings is 1. The lowest BCUT2D eigenvalue weighted by molar-refractivity contribution is -0.166. The van der Waals surface area contributed by atoms with Gasteiger partial charge in [0.2, 0.25) is 11.8 Å². The minimum absolute atomic E-state index is 0.0438. The van der Waals surface area contributed by atoms with E-state index in [1.165, 1.54) is 0 Å². The average molecular weight is 399 g/mol. The number of carbonyl (C=O) groups excluding carboxylic acids is 2. The Morgan fingerprint density at radius 2 is 2.00 bits per heavy atom. The molecular weight excluding hydrogens is 370 g/mol. The van der Waals surface area contributed by atoms with Gasteiger partial charge >= 0.3 is 0 Å². The van der Waals surface area contributed by atoms with Gasteiger partial charge in [-0.1, -0.05) is 19.9 Å². The van der Waals surface area contributed by atoms with E-state index in [9.17, 15) is 9.59 Å². The lowest BCUT2D eigenvalue weighted by Crippen LogP contribution is -2.74. The van der Waals surface area contributed by atoms with Crippen LogP contribution < -0.4 is 16.4 Å². The summed E-state index contributed by atoms with van der Waals surface area (Å²) in [5, 5.41) is 9.82. The Labute approximate surface area is 170 Å². The van der Waals surface area contributed by atoms with Crippen LogP contribution in [0.5, 0.6) is 0 Å². The number of nitrogens with zero attached hydrogens (tertiary/aromatic N) is 2. The lowest BCUT2D eigenvalue weighted by atomic mass is 9.54. The fourth-order valence-electron chi connectivity index (χ4n) is 3.61. The number of ether oxygens (including phenoxy) is 1. The first-order valence-corrected chi connectivity index (χ1v) is 9.81. The Morgan fingerprint density at radius 3 is 2.59 bits per heavy atom. The van der Waals surface area contributed by atoms with Crippen LogP contribution >= 0.6 is 0 Å². The maximum Gasteiger partial charge on any atom is 0.248 e. The second-order valence-electron chi connectivity index (χ2n) is 8.03.